The minimum Gasteiger partial charge on any atom is -0.264 e. The average Bonchev–Trinajstić information content (AvgIpc) is 2.97. The van der Waals surface area contributed by atoms with E-state index in [-0.39, 0.29) is 5.69 Å². The van der Waals surface area contributed by atoms with E-state index in [2.05, 4.69) is 20.4 Å². The van der Waals surface area contributed by atoms with E-state index in [1.54, 1.807) is 30.6 Å². The van der Waals surface area contributed by atoms with Gasteiger partial charge in [0.05, 0.1) is 11.5 Å². The van der Waals surface area contributed by atoms with Gasteiger partial charge in [0.1, 0.15) is 0 Å². The quantitative estimate of drug-likeness (QED) is 0.533. The van der Waals surface area contributed by atoms with Crippen molar-refractivity contribution in [3.8, 4) is 11.4 Å². The predicted molar refractivity (Wildman–Crippen MR) is 73.2 cm³/mol. The van der Waals surface area contributed by atoms with Crippen molar-refractivity contribution in [1.29, 1.82) is 0 Å². The first-order chi connectivity index (χ1) is 10.2. The molecule has 0 unspecified atom stereocenters. The van der Waals surface area contributed by atoms with Gasteiger partial charge in [0, 0.05) is 30.1 Å². The topological polar surface area (TPSA) is 99.6 Å². The number of non-ortho nitro benzene ring substituents is 1. The Kier molecular flexibility index (Phi) is 3.34. The molecule has 2 heterocycles. The number of tetrazole rings is 1. The molecular formula is C13H10N6O2. The molecule has 0 radical (unpaired) electrons. The molecule has 0 aliphatic carbocycles. The molecule has 0 amide bonds. The second kappa shape index (κ2) is 5.45. The van der Waals surface area contributed by atoms with Gasteiger partial charge in [-0.2, -0.15) is 4.80 Å². The Morgan fingerprint density at radius 3 is 2.90 bits per heavy atom. The summed E-state index contributed by atoms with van der Waals surface area (Å²) in [5, 5.41) is 22.9. The van der Waals surface area contributed by atoms with E-state index in [0.717, 1.165) is 11.1 Å². The Morgan fingerprint density at radius 2 is 2.14 bits per heavy atom. The number of rotatable bonds is 4. The summed E-state index contributed by atoms with van der Waals surface area (Å²) in [5.41, 5.74) is 1.54. The molecule has 0 spiro atoms. The second-order valence-electron chi connectivity index (χ2n) is 4.31. The standard InChI is InChI=1S/C13H10N6O2/c20-19(21)12-5-1-3-10(7-12)9-18-16-13(15-17-18)11-4-2-6-14-8-11/h1-8H,9H2. The van der Waals surface area contributed by atoms with Crippen molar-refractivity contribution >= 4 is 5.69 Å². The van der Waals surface area contributed by atoms with Crippen molar-refractivity contribution in [1.82, 2.24) is 25.2 Å². The molecular weight excluding hydrogens is 272 g/mol. The van der Waals surface area contributed by atoms with Gasteiger partial charge in [-0.25, -0.2) is 0 Å². The molecule has 0 N–H and O–H groups in total. The first-order valence-electron chi connectivity index (χ1n) is 6.14. The Morgan fingerprint density at radius 1 is 1.24 bits per heavy atom. The molecule has 0 saturated heterocycles. The largest absolute Gasteiger partial charge is 0.269 e. The van der Waals surface area contributed by atoms with Crippen LogP contribution in [-0.2, 0) is 6.54 Å². The zero-order chi connectivity index (χ0) is 14.7. The van der Waals surface area contributed by atoms with Crippen LogP contribution in [0.25, 0.3) is 11.4 Å². The van der Waals surface area contributed by atoms with E-state index >= 15 is 0 Å². The fraction of sp³-hybridized carbons (Fsp3) is 0.0769. The van der Waals surface area contributed by atoms with E-state index in [1.807, 2.05) is 6.07 Å². The van der Waals surface area contributed by atoms with Crippen molar-refractivity contribution < 1.29 is 4.92 Å². The third-order valence-corrected chi connectivity index (χ3v) is 2.82. The van der Waals surface area contributed by atoms with Crippen molar-refractivity contribution in [2.75, 3.05) is 0 Å². The first kappa shape index (κ1) is 12.9. The lowest BCUT2D eigenvalue weighted by atomic mass is 10.2. The van der Waals surface area contributed by atoms with Gasteiger partial charge >= 0.3 is 0 Å². The van der Waals surface area contributed by atoms with Crippen molar-refractivity contribution in [3.63, 3.8) is 0 Å². The Labute approximate surface area is 119 Å². The normalized spacial score (nSPS) is 10.5. The highest BCUT2D eigenvalue weighted by molar-refractivity contribution is 5.51. The maximum absolute atomic E-state index is 10.7. The number of benzene rings is 1. The maximum atomic E-state index is 10.7. The Hall–Kier alpha value is -3.16. The number of hydrogen-bond acceptors (Lipinski definition) is 6. The summed E-state index contributed by atoms with van der Waals surface area (Å²) in [4.78, 5) is 15.7. The molecule has 0 fully saturated rings. The third kappa shape index (κ3) is 2.89. The third-order valence-electron chi connectivity index (χ3n) is 2.82. The summed E-state index contributed by atoms with van der Waals surface area (Å²) in [6.45, 7) is 0.314. The van der Waals surface area contributed by atoms with Gasteiger partial charge in [0.15, 0.2) is 0 Å². The molecule has 1 aromatic carbocycles. The average molecular weight is 282 g/mol. The summed E-state index contributed by atoms with van der Waals surface area (Å²) in [6, 6.07) is 9.97. The maximum Gasteiger partial charge on any atom is 0.269 e. The van der Waals surface area contributed by atoms with Crippen LogP contribution in [0.5, 0.6) is 0 Å². The van der Waals surface area contributed by atoms with Gasteiger partial charge in [0.2, 0.25) is 5.82 Å². The molecule has 0 bridgehead atoms. The molecule has 8 heteroatoms. The molecule has 8 nitrogen and oxygen atoms in total. The SMILES string of the molecule is O=[N+]([O-])c1cccc(Cn2nnc(-c3cccnc3)n2)c1. The predicted octanol–water partition coefficient (Wildman–Crippen LogP) is 1.69. The van der Waals surface area contributed by atoms with Crippen LogP contribution in [0.15, 0.2) is 48.8 Å². The van der Waals surface area contributed by atoms with Crippen LogP contribution >= 0.6 is 0 Å². The summed E-state index contributed by atoms with van der Waals surface area (Å²) in [5.74, 6) is 0.466. The van der Waals surface area contributed by atoms with Crippen molar-refractivity contribution in [2.45, 2.75) is 6.54 Å². The number of nitrogens with zero attached hydrogens (tertiary/aromatic N) is 6. The molecule has 3 rings (SSSR count). The molecule has 0 aliphatic heterocycles. The smallest absolute Gasteiger partial charge is 0.264 e. The highest BCUT2D eigenvalue weighted by Crippen LogP contribution is 2.14. The minimum atomic E-state index is -0.431. The van der Waals surface area contributed by atoms with Crippen LogP contribution in [0.3, 0.4) is 0 Å². The van der Waals surface area contributed by atoms with E-state index in [4.69, 9.17) is 0 Å². The Bertz CT molecular complexity index is 771. The number of aromatic nitrogens is 5. The molecule has 2 aromatic heterocycles. The van der Waals surface area contributed by atoms with Crippen LogP contribution in [0, 0.1) is 10.1 Å². The van der Waals surface area contributed by atoms with Crippen molar-refractivity contribution in [2.24, 2.45) is 0 Å². The highest BCUT2D eigenvalue weighted by atomic mass is 16.6. The molecule has 104 valence electrons. The molecule has 0 aliphatic rings. The Balaban J connectivity index is 1.82. The van der Waals surface area contributed by atoms with Crippen LogP contribution in [-0.4, -0.2) is 30.1 Å². The fourth-order valence-electron chi connectivity index (χ4n) is 1.85. The van der Waals surface area contributed by atoms with E-state index in [0.29, 0.717) is 12.4 Å². The monoisotopic (exact) mass is 282 g/mol. The van der Waals surface area contributed by atoms with E-state index in [1.165, 1.54) is 16.9 Å². The number of nitro benzene ring substituents is 1. The van der Waals surface area contributed by atoms with Crippen LogP contribution in [0.2, 0.25) is 0 Å². The summed E-state index contributed by atoms with van der Waals surface area (Å²) in [7, 11) is 0. The van der Waals surface area contributed by atoms with E-state index in [9.17, 15) is 10.1 Å². The van der Waals surface area contributed by atoms with Gasteiger partial charge in [-0.05, 0) is 22.9 Å². The second-order valence-corrected chi connectivity index (χ2v) is 4.31. The van der Waals surface area contributed by atoms with Crippen LogP contribution < -0.4 is 0 Å². The molecule has 21 heavy (non-hydrogen) atoms. The van der Waals surface area contributed by atoms with Gasteiger partial charge < -0.3 is 0 Å². The summed E-state index contributed by atoms with van der Waals surface area (Å²) >= 11 is 0. The number of pyridine rings is 1. The van der Waals surface area contributed by atoms with Gasteiger partial charge in [-0.3, -0.25) is 15.1 Å². The van der Waals surface area contributed by atoms with Gasteiger partial charge in [-0.15, -0.1) is 10.2 Å². The van der Waals surface area contributed by atoms with Crippen LogP contribution in [0.1, 0.15) is 5.56 Å². The first-order valence-corrected chi connectivity index (χ1v) is 6.14. The number of nitro groups is 1. The van der Waals surface area contributed by atoms with Gasteiger partial charge in [0.25, 0.3) is 5.69 Å². The minimum absolute atomic E-state index is 0.0418. The lowest BCUT2D eigenvalue weighted by Gasteiger charge is -1.99. The number of hydrogen-bond donors (Lipinski definition) is 0. The zero-order valence-corrected chi connectivity index (χ0v) is 10.8. The summed E-state index contributed by atoms with van der Waals surface area (Å²) in [6.07, 6.45) is 3.31. The van der Waals surface area contributed by atoms with Gasteiger partial charge in [-0.1, -0.05) is 12.1 Å². The van der Waals surface area contributed by atoms with Crippen molar-refractivity contribution in [3.05, 3.63) is 64.5 Å². The lowest BCUT2D eigenvalue weighted by Crippen LogP contribution is -2.04. The zero-order valence-electron chi connectivity index (χ0n) is 10.8. The molecule has 0 saturated carbocycles. The molecule has 3 aromatic rings. The fourth-order valence-corrected chi connectivity index (χ4v) is 1.85. The molecule has 0 atom stereocenters. The van der Waals surface area contributed by atoms with E-state index < -0.39 is 4.92 Å². The summed E-state index contributed by atoms with van der Waals surface area (Å²) < 4.78 is 0. The highest BCUT2D eigenvalue weighted by Gasteiger charge is 2.09. The van der Waals surface area contributed by atoms with Crippen LogP contribution in [0.4, 0.5) is 5.69 Å². The lowest BCUT2D eigenvalue weighted by molar-refractivity contribution is -0.384.